The minimum Gasteiger partial charge on any atom is -0.347 e. The minimum absolute atomic E-state index is 0.0460. The number of carbonyl (C=O) groups excluding carboxylic acids is 4. The molecule has 1 aromatic heterocycles. The maximum Gasteiger partial charge on any atom is 0.247 e. The van der Waals surface area contributed by atoms with Crippen LogP contribution in [0.1, 0.15) is 37.2 Å². The molecular weight excluding hydrogens is 550 g/mol. The Hall–Kier alpha value is -4.65. The molecule has 43 heavy (non-hydrogen) atoms. The van der Waals surface area contributed by atoms with Crippen molar-refractivity contribution in [2.24, 2.45) is 5.92 Å². The number of tetrazole rings is 1. The summed E-state index contributed by atoms with van der Waals surface area (Å²) in [5.41, 5.74) is 3.33. The van der Waals surface area contributed by atoms with Crippen molar-refractivity contribution in [3.63, 3.8) is 0 Å². The van der Waals surface area contributed by atoms with E-state index in [-0.39, 0.29) is 37.2 Å². The Morgan fingerprint density at radius 2 is 1.81 bits per heavy atom. The Morgan fingerprint density at radius 3 is 2.47 bits per heavy atom. The van der Waals surface area contributed by atoms with Crippen LogP contribution in [0.2, 0.25) is 0 Å². The minimum atomic E-state index is -0.829. The zero-order chi connectivity index (χ0) is 31.1. The lowest BCUT2D eigenvalue weighted by atomic mass is 9.98. The van der Waals surface area contributed by atoms with Crippen molar-refractivity contribution < 1.29 is 19.2 Å². The predicted molar refractivity (Wildman–Crippen MR) is 162 cm³/mol. The van der Waals surface area contributed by atoms with Crippen molar-refractivity contribution in [2.45, 2.75) is 51.7 Å². The molecule has 4 N–H and O–H groups in total. The molecule has 0 spiro atoms. The molecule has 2 aromatic carbocycles. The fourth-order valence-electron chi connectivity index (χ4n) is 4.98. The van der Waals surface area contributed by atoms with Gasteiger partial charge < -0.3 is 16.0 Å². The van der Waals surface area contributed by atoms with Gasteiger partial charge in [-0.25, -0.2) is 0 Å². The van der Waals surface area contributed by atoms with Crippen molar-refractivity contribution in [2.75, 3.05) is 32.6 Å². The van der Waals surface area contributed by atoms with Gasteiger partial charge in [-0.1, -0.05) is 55.8 Å². The van der Waals surface area contributed by atoms with E-state index in [2.05, 4.69) is 36.6 Å². The molecule has 0 fully saturated rings. The molecule has 228 valence electrons. The van der Waals surface area contributed by atoms with Gasteiger partial charge in [0.1, 0.15) is 17.8 Å². The summed E-state index contributed by atoms with van der Waals surface area (Å²) in [6.45, 7) is 3.51. The molecule has 1 aliphatic rings. The van der Waals surface area contributed by atoms with Gasteiger partial charge in [-0.3, -0.25) is 28.6 Å². The molecule has 13 heteroatoms. The summed E-state index contributed by atoms with van der Waals surface area (Å²) in [6.07, 6.45) is 1.10. The molecule has 0 unspecified atom stereocenters. The van der Waals surface area contributed by atoms with Crippen LogP contribution >= 0.6 is 0 Å². The number of nitrogens with one attached hydrogen (secondary N) is 4. The van der Waals surface area contributed by atoms with Gasteiger partial charge in [0.25, 0.3) is 0 Å². The lowest BCUT2D eigenvalue weighted by Crippen LogP contribution is -2.54. The van der Waals surface area contributed by atoms with Crippen LogP contribution in [0.4, 0.5) is 11.4 Å². The first-order chi connectivity index (χ1) is 20.5. The maximum atomic E-state index is 13.7. The summed E-state index contributed by atoms with van der Waals surface area (Å²) in [5, 5.41) is 21.9. The van der Waals surface area contributed by atoms with Crippen LogP contribution in [0.15, 0.2) is 48.5 Å². The standard InChI is InChI=1S/C30H39N9O4/c1-6-19(2)28(33-26(40)14-20-10-8-7-9-11-20)30(43)32-18-27(41)38-23-13-12-22(39(3,4)5)15-21(23)16-24(38)29(42)31-17-25-34-36-37-35-25/h7-13,15,19,24,28H,6,14,16-18H2,1-5H3,(H3-,31,32,33,34,35,36,37,40,42,43)/p+1/t19-,24-,28-/m0/s1. The average molecular weight is 591 g/mol. The number of H-pyrrole nitrogens is 1. The first-order valence-electron chi connectivity index (χ1n) is 14.4. The van der Waals surface area contributed by atoms with E-state index in [9.17, 15) is 19.2 Å². The Bertz CT molecular complexity index is 1440. The SMILES string of the molecule is CC[C@H](C)[C@H](NC(=O)Cc1ccccc1)C(=O)NCC(=O)N1c2ccc([N+](C)(C)C)cc2C[C@H]1C(=O)NCc1nn[nH]n1. The van der Waals surface area contributed by atoms with Crippen LogP contribution in [0, 0.1) is 5.92 Å². The van der Waals surface area contributed by atoms with E-state index < -0.39 is 23.9 Å². The van der Waals surface area contributed by atoms with Gasteiger partial charge in [-0.15, -0.1) is 10.2 Å². The lowest BCUT2D eigenvalue weighted by Gasteiger charge is -2.27. The zero-order valence-electron chi connectivity index (χ0n) is 25.3. The van der Waals surface area contributed by atoms with Crippen molar-refractivity contribution in [3.05, 3.63) is 65.5 Å². The van der Waals surface area contributed by atoms with Gasteiger partial charge in [0.2, 0.25) is 23.6 Å². The maximum absolute atomic E-state index is 13.7. The molecule has 3 atom stereocenters. The molecule has 3 aromatic rings. The van der Waals surface area contributed by atoms with Crippen molar-refractivity contribution in [1.82, 2.24) is 41.1 Å². The number of carbonyl (C=O) groups is 4. The first kappa shape index (κ1) is 31.3. The number of benzene rings is 2. The summed E-state index contributed by atoms with van der Waals surface area (Å²) in [7, 11) is 6.11. The van der Waals surface area contributed by atoms with Gasteiger partial charge >= 0.3 is 0 Å². The van der Waals surface area contributed by atoms with Crippen LogP contribution in [0.25, 0.3) is 0 Å². The van der Waals surface area contributed by atoms with E-state index in [4.69, 9.17) is 0 Å². The zero-order valence-corrected chi connectivity index (χ0v) is 25.3. The van der Waals surface area contributed by atoms with Crippen LogP contribution in [0.3, 0.4) is 0 Å². The molecule has 0 aliphatic carbocycles. The van der Waals surface area contributed by atoms with Crippen LogP contribution in [0.5, 0.6) is 0 Å². The van der Waals surface area contributed by atoms with E-state index in [1.54, 1.807) is 0 Å². The highest BCUT2D eigenvalue weighted by Crippen LogP contribution is 2.36. The summed E-state index contributed by atoms with van der Waals surface area (Å²) in [6, 6.07) is 13.4. The molecule has 1 aliphatic heterocycles. The van der Waals surface area contributed by atoms with Crippen molar-refractivity contribution in [1.29, 1.82) is 0 Å². The summed E-state index contributed by atoms with van der Waals surface area (Å²) in [4.78, 5) is 54.5. The summed E-state index contributed by atoms with van der Waals surface area (Å²) in [5.74, 6) is -1.41. The highest BCUT2D eigenvalue weighted by molar-refractivity contribution is 6.05. The molecule has 0 saturated carbocycles. The number of fused-ring (bicyclic) bond motifs is 1. The quantitative estimate of drug-likeness (QED) is 0.228. The van der Waals surface area contributed by atoms with Crippen LogP contribution in [-0.2, 0) is 38.6 Å². The third-order valence-corrected chi connectivity index (χ3v) is 7.64. The second kappa shape index (κ2) is 13.6. The Labute approximate surface area is 251 Å². The van der Waals surface area contributed by atoms with E-state index in [1.807, 2.05) is 83.5 Å². The highest BCUT2D eigenvalue weighted by atomic mass is 16.2. The monoisotopic (exact) mass is 590 g/mol. The van der Waals surface area contributed by atoms with Crippen LogP contribution < -0.4 is 25.3 Å². The Kier molecular flexibility index (Phi) is 9.86. The highest BCUT2D eigenvalue weighted by Gasteiger charge is 2.39. The summed E-state index contributed by atoms with van der Waals surface area (Å²) >= 11 is 0. The first-order valence-corrected chi connectivity index (χ1v) is 14.4. The Balaban J connectivity index is 1.48. The third-order valence-electron chi connectivity index (χ3n) is 7.64. The van der Waals surface area contributed by atoms with E-state index in [1.165, 1.54) is 4.90 Å². The number of nitrogens with zero attached hydrogens (tertiary/aromatic N) is 5. The molecule has 4 amide bonds. The van der Waals surface area contributed by atoms with Crippen LogP contribution in [-0.4, -0.2) is 84.0 Å². The van der Waals surface area contributed by atoms with Gasteiger partial charge in [-0.05, 0) is 23.1 Å². The van der Waals surface area contributed by atoms with Gasteiger partial charge in [0, 0.05) is 24.2 Å². The number of rotatable bonds is 12. The lowest BCUT2D eigenvalue weighted by molar-refractivity contribution is -0.131. The van der Waals surface area contributed by atoms with Crippen molar-refractivity contribution >= 4 is 35.0 Å². The van der Waals surface area contributed by atoms with E-state index >= 15 is 0 Å². The number of hydrogen-bond donors (Lipinski definition) is 4. The number of hydrogen-bond acceptors (Lipinski definition) is 7. The fraction of sp³-hybridized carbons (Fsp3) is 0.433. The molecule has 4 rings (SSSR count). The van der Waals surface area contributed by atoms with Gasteiger partial charge in [0.15, 0.2) is 5.82 Å². The molecule has 0 saturated heterocycles. The number of aromatic nitrogens is 4. The van der Waals surface area contributed by atoms with E-state index in [0.717, 1.165) is 16.8 Å². The number of aromatic amines is 1. The molecule has 0 radical (unpaired) electrons. The second-order valence-electron chi connectivity index (χ2n) is 11.7. The normalized spacial score (nSPS) is 15.7. The molecule has 0 bridgehead atoms. The molecule has 2 heterocycles. The number of anilines is 1. The average Bonchev–Trinajstić information content (AvgIpc) is 3.64. The van der Waals surface area contributed by atoms with Gasteiger partial charge in [0.05, 0.1) is 40.7 Å². The summed E-state index contributed by atoms with van der Waals surface area (Å²) < 4.78 is 0.568. The van der Waals surface area contributed by atoms with E-state index in [0.29, 0.717) is 28.8 Å². The molecule has 13 nitrogen and oxygen atoms in total. The smallest absolute Gasteiger partial charge is 0.247 e. The topological polar surface area (TPSA) is 162 Å². The van der Waals surface area contributed by atoms with Crippen molar-refractivity contribution in [3.8, 4) is 0 Å². The van der Waals surface area contributed by atoms with Gasteiger partial charge in [-0.2, -0.15) is 5.21 Å². The predicted octanol–water partition coefficient (Wildman–Crippen LogP) is 0.860. The second-order valence-corrected chi connectivity index (χ2v) is 11.7. The Morgan fingerprint density at radius 1 is 1.07 bits per heavy atom. The molecular formula is C30H40N9O4+. The number of amides is 4. The third kappa shape index (κ3) is 7.80. The number of quaternary nitrogens is 1. The fourth-order valence-corrected chi connectivity index (χ4v) is 4.98. The largest absolute Gasteiger partial charge is 0.347 e.